The molecule has 0 aliphatic rings. The van der Waals surface area contributed by atoms with Crippen molar-refractivity contribution in [1.82, 2.24) is 15.0 Å². The van der Waals surface area contributed by atoms with Gasteiger partial charge in [0.15, 0.2) is 0 Å². The van der Waals surface area contributed by atoms with Gasteiger partial charge in [-0.15, -0.1) is 11.3 Å². The Morgan fingerprint density at radius 1 is 1.19 bits per heavy atom. The summed E-state index contributed by atoms with van der Waals surface area (Å²) in [5.41, 5.74) is 4.08. The molecule has 0 bridgehead atoms. The summed E-state index contributed by atoms with van der Waals surface area (Å²) in [6, 6.07) is 2.38. The largest absolute Gasteiger partial charge is 0.352 e. The molecule has 3 aromatic heterocycles. The van der Waals surface area contributed by atoms with Crippen molar-refractivity contribution in [2.24, 2.45) is 0 Å². The van der Waals surface area contributed by atoms with E-state index in [1.165, 1.54) is 0 Å². The van der Waals surface area contributed by atoms with E-state index in [1.807, 2.05) is 18.5 Å². The molecular weight excluding hydrogens is 300 g/mol. The van der Waals surface area contributed by atoms with Gasteiger partial charge in [-0.25, -0.2) is 15.0 Å². The van der Waals surface area contributed by atoms with Crippen LogP contribution in [0, 0.1) is 6.92 Å². The number of anilines is 1. The first kappa shape index (κ1) is 14.2. The van der Waals surface area contributed by atoms with E-state index in [2.05, 4.69) is 50.9 Å². The summed E-state index contributed by atoms with van der Waals surface area (Å²) in [6.45, 7) is 6.14. The van der Waals surface area contributed by atoms with E-state index in [4.69, 9.17) is 0 Å². The van der Waals surface area contributed by atoms with Crippen LogP contribution in [0.1, 0.15) is 19.5 Å². The lowest BCUT2D eigenvalue weighted by atomic mass is 10.1. The van der Waals surface area contributed by atoms with Crippen molar-refractivity contribution in [3.8, 4) is 21.8 Å². The van der Waals surface area contributed by atoms with Gasteiger partial charge in [0.25, 0.3) is 0 Å². The highest BCUT2D eigenvalue weighted by Crippen LogP contribution is 2.33. The Labute approximate surface area is 131 Å². The van der Waals surface area contributed by atoms with E-state index in [0.717, 1.165) is 27.5 Å². The molecular formula is C15H16N4S2. The third-order valence-corrected chi connectivity index (χ3v) is 4.51. The lowest BCUT2D eigenvalue weighted by Gasteiger charge is -2.11. The van der Waals surface area contributed by atoms with Gasteiger partial charge in [-0.1, -0.05) is 0 Å². The Balaban J connectivity index is 2.11. The van der Waals surface area contributed by atoms with Crippen molar-refractivity contribution < 1.29 is 0 Å². The Bertz CT molecular complexity index is 732. The molecule has 108 valence electrons. The first-order chi connectivity index (χ1) is 10.1. The molecule has 0 saturated heterocycles. The average Bonchev–Trinajstić information content (AvgIpc) is 3.09. The zero-order valence-electron chi connectivity index (χ0n) is 12.1. The molecule has 3 aromatic rings. The summed E-state index contributed by atoms with van der Waals surface area (Å²) in [5.74, 6) is 0.645. The first-order valence-electron chi connectivity index (χ1n) is 6.72. The van der Waals surface area contributed by atoms with Crippen molar-refractivity contribution in [2.75, 3.05) is 5.32 Å². The second kappa shape index (κ2) is 5.91. The van der Waals surface area contributed by atoms with Gasteiger partial charge in [-0.05, 0) is 43.2 Å². The van der Waals surface area contributed by atoms with E-state index >= 15 is 0 Å². The topological polar surface area (TPSA) is 50.7 Å². The van der Waals surface area contributed by atoms with E-state index in [-0.39, 0.29) is 0 Å². The third-order valence-electron chi connectivity index (χ3n) is 2.86. The van der Waals surface area contributed by atoms with E-state index < -0.39 is 0 Å². The second-order valence-corrected chi connectivity index (χ2v) is 6.70. The molecule has 4 nitrogen and oxygen atoms in total. The monoisotopic (exact) mass is 316 g/mol. The van der Waals surface area contributed by atoms with Crippen LogP contribution in [0.2, 0.25) is 0 Å². The molecule has 21 heavy (non-hydrogen) atoms. The van der Waals surface area contributed by atoms with Crippen molar-refractivity contribution >= 4 is 28.6 Å². The highest BCUT2D eigenvalue weighted by Gasteiger charge is 2.15. The third kappa shape index (κ3) is 3.11. The minimum absolute atomic E-state index is 0.294. The fourth-order valence-corrected chi connectivity index (χ4v) is 3.42. The molecule has 1 N–H and O–H groups in total. The number of nitrogens with one attached hydrogen (secondary N) is 1. The highest BCUT2D eigenvalue weighted by molar-refractivity contribution is 7.13. The number of thiophene rings is 1. The van der Waals surface area contributed by atoms with Gasteiger partial charge < -0.3 is 5.32 Å². The van der Waals surface area contributed by atoms with Crippen LogP contribution in [-0.4, -0.2) is 21.0 Å². The molecule has 0 unspecified atom stereocenters. The summed E-state index contributed by atoms with van der Waals surface area (Å²) in [5, 5.41) is 10.4. The molecule has 0 aromatic carbocycles. The van der Waals surface area contributed by atoms with Crippen molar-refractivity contribution in [2.45, 2.75) is 26.8 Å². The lowest BCUT2D eigenvalue weighted by Crippen LogP contribution is -2.12. The number of thiazole rings is 1. The van der Waals surface area contributed by atoms with Gasteiger partial charge in [0.05, 0.1) is 0 Å². The van der Waals surface area contributed by atoms with E-state index in [0.29, 0.717) is 12.0 Å². The molecule has 0 radical (unpaired) electrons. The summed E-state index contributed by atoms with van der Waals surface area (Å²) in [4.78, 5) is 13.7. The smallest absolute Gasteiger partial charge is 0.223 e. The van der Waals surface area contributed by atoms with E-state index in [1.54, 1.807) is 22.7 Å². The van der Waals surface area contributed by atoms with Gasteiger partial charge >= 0.3 is 0 Å². The minimum Gasteiger partial charge on any atom is -0.352 e. The first-order valence-corrected chi connectivity index (χ1v) is 8.54. The Hall–Kier alpha value is -1.79. The summed E-state index contributed by atoms with van der Waals surface area (Å²) < 4.78 is 0. The standard InChI is InChI=1S/C15H16N4S2/c1-9(2)17-15-16-6-12(11-4-5-20-8-11)13(19-15)14-18-10(3)7-21-14/h4-9H,1-3H3,(H,16,17,19). The molecule has 0 aliphatic heterocycles. The summed E-state index contributed by atoms with van der Waals surface area (Å²) >= 11 is 3.29. The number of rotatable bonds is 4. The van der Waals surface area contributed by atoms with Crippen LogP contribution in [0.25, 0.3) is 21.8 Å². The highest BCUT2D eigenvalue weighted by atomic mass is 32.1. The number of aromatic nitrogens is 3. The van der Waals surface area contributed by atoms with Gasteiger partial charge in [0, 0.05) is 28.9 Å². The van der Waals surface area contributed by atoms with Crippen LogP contribution >= 0.6 is 22.7 Å². The minimum atomic E-state index is 0.294. The Morgan fingerprint density at radius 3 is 2.67 bits per heavy atom. The van der Waals surface area contributed by atoms with Gasteiger partial charge in [0.1, 0.15) is 10.7 Å². The van der Waals surface area contributed by atoms with Crippen LogP contribution in [0.5, 0.6) is 0 Å². The normalized spacial score (nSPS) is 11.0. The number of hydrogen-bond donors (Lipinski definition) is 1. The molecule has 3 rings (SSSR count). The zero-order valence-corrected chi connectivity index (χ0v) is 13.8. The Kier molecular flexibility index (Phi) is 3.98. The van der Waals surface area contributed by atoms with Gasteiger partial charge in [-0.2, -0.15) is 11.3 Å². The fourth-order valence-electron chi connectivity index (χ4n) is 1.96. The molecule has 0 fully saturated rings. The predicted octanol–water partition coefficient (Wildman–Crippen LogP) is 4.46. The lowest BCUT2D eigenvalue weighted by molar-refractivity contribution is 0.875. The van der Waals surface area contributed by atoms with Gasteiger partial charge in [0.2, 0.25) is 5.95 Å². The van der Waals surface area contributed by atoms with Crippen LogP contribution in [0.3, 0.4) is 0 Å². The second-order valence-electron chi connectivity index (χ2n) is 5.06. The fraction of sp³-hybridized carbons (Fsp3) is 0.267. The van der Waals surface area contributed by atoms with Crippen LogP contribution in [0.15, 0.2) is 28.4 Å². The van der Waals surface area contributed by atoms with Crippen molar-refractivity contribution in [3.63, 3.8) is 0 Å². The molecule has 0 saturated carbocycles. The van der Waals surface area contributed by atoms with Crippen molar-refractivity contribution in [3.05, 3.63) is 34.1 Å². The molecule has 0 aliphatic carbocycles. The number of nitrogens with zero attached hydrogens (tertiary/aromatic N) is 3. The maximum Gasteiger partial charge on any atom is 0.223 e. The van der Waals surface area contributed by atoms with Crippen LogP contribution in [-0.2, 0) is 0 Å². The Morgan fingerprint density at radius 2 is 2.05 bits per heavy atom. The number of aryl methyl sites for hydroxylation is 1. The molecule has 6 heteroatoms. The molecule has 3 heterocycles. The summed E-state index contributed by atoms with van der Waals surface area (Å²) in [7, 11) is 0. The zero-order chi connectivity index (χ0) is 14.8. The van der Waals surface area contributed by atoms with Gasteiger partial charge in [-0.3, -0.25) is 0 Å². The maximum absolute atomic E-state index is 4.68. The maximum atomic E-state index is 4.68. The molecule has 0 spiro atoms. The van der Waals surface area contributed by atoms with E-state index in [9.17, 15) is 0 Å². The summed E-state index contributed by atoms with van der Waals surface area (Å²) in [6.07, 6.45) is 1.88. The molecule has 0 amide bonds. The number of hydrogen-bond acceptors (Lipinski definition) is 6. The average molecular weight is 316 g/mol. The van der Waals surface area contributed by atoms with Crippen LogP contribution < -0.4 is 5.32 Å². The molecule has 0 atom stereocenters. The van der Waals surface area contributed by atoms with Crippen molar-refractivity contribution in [1.29, 1.82) is 0 Å². The quantitative estimate of drug-likeness (QED) is 0.772. The SMILES string of the molecule is Cc1csc(-c2nc(NC(C)C)ncc2-c2ccsc2)n1. The van der Waals surface area contributed by atoms with Crippen LogP contribution in [0.4, 0.5) is 5.95 Å². The predicted molar refractivity (Wildman–Crippen MR) is 89.9 cm³/mol.